The number of fused-ring (bicyclic) bond motifs is 1. The van der Waals surface area contributed by atoms with Crippen molar-refractivity contribution >= 4 is 42.8 Å². The fraction of sp³-hybridized carbons (Fsp3) is 0.640. The van der Waals surface area contributed by atoms with E-state index >= 15 is 0 Å². The Morgan fingerprint density at radius 3 is 2.30 bits per heavy atom. The van der Waals surface area contributed by atoms with E-state index in [4.69, 9.17) is 0 Å². The van der Waals surface area contributed by atoms with E-state index in [0.717, 1.165) is 0 Å². The van der Waals surface area contributed by atoms with Crippen LogP contribution >= 0.6 is 11.3 Å². The largest absolute Gasteiger partial charge is 0.367 e. The van der Waals surface area contributed by atoms with Crippen LogP contribution in [0.3, 0.4) is 0 Å². The molecule has 43 heavy (non-hydrogen) atoms. The normalized spacial score (nSPS) is 21.5. The van der Waals surface area contributed by atoms with E-state index in [0.29, 0.717) is 48.5 Å². The zero-order valence-electron chi connectivity index (χ0n) is 24.9. The van der Waals surface area contributed by atoms with E-state index in [1.54, 1.807) is 13.1 Å². The van der Waals surface area contributed by atoms with Gasteiger partial charge in [0.15, 0.2) is 15.8 Å². The Morgan fingerprint density at radius 1 is 1.09 bits per heavy atom. The van der Waals surface area contributed by atoms with E-state index in [1.165, 1.54) is 25.4 Å². The highest BCUT2D eigenvalue weighted by Crippen LogP contribution is 2.38. The van der Waals surface area contributed by atoms with Crippen LogP contribution in [0.1, 0.15) is 45.0 Å². The van der Waals surface area contributed by atoms with E-state index < -0.39 is 49.3 Å². The SMILES string of the molecule is C[C@H]1CN(c2cc(S(=O)(=O)NC3(C)CC3)cn3c(-c4nnc(C(F)F)s4)ncc23)C[C@H](C)N1S(=O)(=O)N(C)CCN(C)C. The summed E-state index contributed by atoms with van der Waals surface area (Å²) in [4.78, 5) is 8.26. The first-order valence-electron chi connectivity index (χ1n) is 13.8. The van der Waals surface area contributed by atoms with E-state index in [9.17, 15) is 25.6 Å². The Kier molecular flexibility index (Phi) is 8.60. The topological polar surface area (TPSA) is 136 Å². The van der Waals surface area contributed by atoms with Crippen molar-refractivity contribution < 1.29 is 25.6 Å². The zero-order valence-corrected chi connectivity index (χ0v) is 27.3. The molecule has 5 rings (SSSR count). The molecule has 1 saturated heterocycles. The number of rotatable bonds is 11. The number of pyridine rings is 1. The molecule has 0 bridgehead atoms. The van der Waals surface area contributed by atoms with Gasteiger partial charge in [0.05, 0.1) is 17.4 Å². The molecule has 0 aromatic carbocycles. The molecule has 1 saturated carbocycles. The fourth-order valence-electron chi connectivity index (χ4n) is 5.28. The smallest absolute Gasteiger partial charge is 0.291 e. The minimum absolute atomic E-state index is 0.0280. The number of aromatic nitrogens is 4. The molecule has 0 unspecified atom stereocenters. The summed E-state index contributed by atoms with van der Waals surface area (Å²) in [5, 5.41) is 7.10. The second kappa shape index (κ2) is 11.5. The summed E-state index contributed by atoms with van der Waals surface area (Å²) in [6.45, 7) is 6.94. The molecule has 0 amide bonds. The second-order valence-electron chi connectivity index (χ2n) is 11.9. The third kappa shape index (κ3) is 6.41. The molecule has 2 fully saturated rings. The Hall–Kier alpha value is -2.35. The van der Waals surface area contributed by atoms with Crippen molar-refractivity contribution in [1.29, 1.82) is 0 Å². The Labute approximate surface area is 254 Å². The van der Waals surface area contributed by atoms with Crippen molar-refractivity contribution in [2.24, 2.45) is 0 Å². The van der Waals surface area contributed by atoms with Gasteiger partial charge in [0.2, 0.25) is 10.0 Å². The van der Waals surface area contributed by atoms with E-state index in [1.807, 2.05) is 44.7 Å². The van der Waals surface area contributed by atoms with Crippen molar-refractivity contribution in [2.45, 2.75) is 62.6 Å². The Balaban J connectivity index is 1.54. The minimum Gasteiger partial charge on any atom is -0.367 e. The maximum absolute atomic E-state index is 13.6. The molecule has 3 aromatic rings. The quantitative estimate of drug-likeness (QED) is 0.328. The molecule has 2 atom stereocenters. The lowest BCUT2D eigenvalue weighted by atomic mass is 10.1. The second-order valence-corrected chi connectivity index (χ2v) is 16.5. The van der Waals surface area contributed by atoms with Crippen molar-refractivity contribution in [2.75, 3.05) is 52.2 Å². The van der Waals surface area contributed by atoms with Gasteiger partial charge in [-0.05, 0) is 53.8 Å². The van der Waals surface area contributed by atoms with Gasteiger partial charge in [-0.3, -0.25) is 4.40 Å². The lowest BCUT2D eigenvalue weighted by molar-refractivity contribution is 0.150. The molecule has 1 aliphatic carbocycles. The molecule has 4 heterocycles. The first kappa shape index (κ1) is 32.1. The Morgan fingerprint density at radius 2 is 1.74 bits per heavy atom. The number of anilines is 1. The molecule has 1 aliphatic heterocycles. The average molecular weight is 662 g/mol. The van der Waals surface area contributed by atoms with Crippen LogP contribution in [0.4, 0.5) is 14.5 Å². The number of nitrogens with zero attached hydrogens (tertiary/aromatic N) is 8. The molecule has 13 nitrogen and oxygen atoms in total. The number of hydrogen-bond acceptors (Lipinski definition) is 10. The first-order chi connectivity index (χ1) is 20.0. The van der Waals surface area contributed by atoms with Crippen molar-refractivity contribution in [1.82, 2.24) is 37.8 Å². The third-order valence-electron chi connectivity index (χ3n) is 7.81. The van der Waals surface area contributed by atoms with Gasteiger partial charge in [0.25, 0.3) is 16.6 Å². The van der Waals surface area contributed by atoms with E-state index in [2.05, 4.69) is 19.9 Å². The van der Waals surface area contributed by atoms with Crippen LogP contribution in [0.5, 0.6) is 0 Å². The van der Waals surface area contributed by atoms with Gasteiger partial charge in [0.1, 0.15) is 4.90 Å². The first-order valence-corrected chi connectivity index (χ1v) is 17.5. The molecule has 238 valence electrons. The average Bonchev–Trinajstić information content (AvgIpc) is 3.28. The minimum atomic E-state index is -3.97. The summed E-state index contributed by atoms with van der Waals surface area (Å²) in [6, 6.07) is 0.670. The number of likely N-dealkylation sites (N-methyl/N-ethyl adjacent to an activating group) is 2. The third-order valence-corrected chi connectivity index (χ3v) is 12.6. The van der Waals surface area contributed by atoms with Gasteiger partial charge in [-0.25, -0.2) is 26.9 Å². The number of halogens is 2. The molecule has 3 aromatic heterocycles. The van der Waals surface area contributed by atoms with Gasteiger partial charge in [-0.2, -0.15) is 17.0 Å². The maximum atomic E-state index is 13.6. The van der Waals surface area contributed by atoms with Gasteiger partial charge in [-0.15, -0.1) is 10.2 Å². The molecule has 0 radical (unpaired) electrons. The van der Waals surface area contributed by atoms with Crippen LogP contribution < -0.4 is 9.62 Å². The number of hydrogen-bond donors (Lipinski definition) is 1. The highest BCUT2D eigenvalue weighted by molar-refractivity contribution is 7.89. The number of nitrogens with one attached hydrogen (secondary N) is 1. The standard InChI is InChI=1S/C25H37F2N9O4S3/c1-16-13-34(14-17(2)36(16)43(39,40)33(6)10-9-32(4)5)19-11-18(42(37,38)31-25(3)7-8-25)15-35-20(19)12-28-22(35)24-30-29-23(41-24)21(26)27/h11-12,15-17,21,31H,7-10,13-14H2,1-6H3/t16-,17-/m0/s1. The zero-order chi connectivity index (χ0) is 31.5. The van der Waals surface area contributed by atoms with Crippen LogP contribution in [-0.4, -0.2) is 115 Å². The molecule has 2 aliphatic rings. The summed E-state index contributed by atoms with van der Waals surface area (Å²) in [6.07, 6.45) is 1.57. The summed E-state index contributed by atoms with van der Waals surface area (Å²) >= 11 is 0.685. The van der Waals surface area contributed by atoms with Crippen LogP contribution in [0.2, 0.25) is 0 Å². The van der Waals surface area contributed by atoms with Crippen LogP contribution in [-0.2, 0) is 20.2 Å². The molecule has 1 N–H and O–H groups in total. The molecular formula is C25H37F2N9O4S3. The van der Waals surface area contributed by atoms with Gasteiger partial charge in [0, 0.05) is 57.0 Å². The van der Waals surface area contributed by atoms with Gasteiger partial charge < -0.3 is 9.80 Å². The molecule has 18 heteroatoms. The summed E-state index contributed by atoms with van der Waals surface area (Å²) < 4.78 is 87.9. The molecular weight excluding hydrogens is 625 g/mol. The lowest BCUT2D eigenvalue weighted by Gasteiger charge is -2.45. The number of piperazine rings is 1. The number of sulfonamides is 1. The number of alkyl halides is 2. The predicted octanol–water partition coefficient (Wildman–Crippen LogP) is 2.26. The van der Waals surface area contributed by atoms with Crippen LogP contribution in [0, 0.1) is 0 Å². The van der Waals surface area contributed by atoms with Crippen molar-refractivity contribution in [3.63, 3.8) is 0 Å². The monoisotopic (exact) mass is 661 g/mol. The summed E-state index contributed by atoms with van der Waals surface area (Å²) in [5.41, 5.74) is 0.524. The predicted molar refractivity (Wildman–Crippen MR) is 160 cm³/mol. The fourth-order valence-corrected chi connectivity index (χ4v) is 9.13. The highest BCUT2D eigenvalue weighted by Gasteiger charge is 2.43. The number of imidazole rings is 1. The van der Waals surface area contributed by atoms with Crippen LogP contribution in [0.15, 0.2) is 23.4 Å². The lowest BCUT2D eigenvalue weighted by Crippen LogP contribution is -2.61. The molecule has 0 spiro atoms. The van der Waals surface area contributed by atoms with Crippen LogP contribution in [0.25, 0.3) is 16.3 Å². The van der Waals surface area contributed by atoms with Crippen molar-refractivity contribution in [3.05, 3.63) is 23.5 Å². The maximum Gasteiger partial charge on any atom is 0.291 e. The van der Waals surface area contributed by atoms with Gasteiger partial charge in [-0.1, -0.05) is 11.3 Å². The van der Waals surface area contributed by atoms with Gasteiger partial charge >= 0.3 is 0 Å². The summed E-state index contributed by atoms with van der Waals surface area (Å²) in [7, 11) is -2.42. The Bertz CT molecular complexity index is 1700. The van der Waals surface area contributed by atoms with E-state index in [-0.39, 0.29) is 28.8 Å². The van der Waals surface area contributed by atoms with Crippen molar-refractivity contribution in [3.8, 4) is 10.8 Å². The summed E-state index contributed by atoms with van der Waals surface area (Å²) in [5.74, 6) is 0.181. The highest BCUT2D eigenvalue weighted by atomic mass is 32.2.